The second-order valence-electron chi connectivity index (χ2n) is 5.45. The molecule has 110 valence electrons. The van der Waals surface area contributed by atoms with E-state index in [2.05, 4.69) is 44.2 Å². The molecule has 0 amide bonds. The van der Waals surface area contributed by atoms with Crippen molar-refractivity contribution >= 4 is 17.0 Å². The third-order valence-corrected chi connectivity index (χ3v) is 4.35. The van der Waals surface area contributed by atoms with Gasteiger partial charge < -0.3 is 10.4 Å². The molecule has 2 rings (SSSR count). The van der Waals surface area contributed by atoms with Gasteiger partial charge in [-0.3, -0.25) is 4.68 Å². The van der Waals surface area contributed by atoms with Crippen LogP contribution in [0.3, 0.4) is 0 Å². The van der Waals surface area contributed by atoms with E-state index in [1.165, 1.54) is 15.3 Å². The summed E-state index contributed by atoms with van der Waals surface area (Å²) in [4.78, 5) is 2.72. The Labute approximate surface area is 124 Å². The monoisotopic (exact) mass is 293 g/mol. The number of nitrogens with zero attached hydrogens (tertiary/aromatic N) is 2. The summed E-state index contributed by atoms with van der Waals surface area (Å²) in [6, 6.07) is 2.56. The molecule has 5 heteroatoms. The number of hydrogen-bond acceptors (Lipinski definition) is 4. The van der Waals surface area contributed by atoms with E-state index in [1.54, 1.807) is 4.68 Å². The minimum Gasteiger partial charge on any atom is -0.394 e. The molecule has 2 aromatic rings. The third kappa shape index (κ3) is 3.41. The third-order valence-electron chi connectivity index (χ3n) is 3.37. The fourth-order valence-electron chi connectivity index (χ4n) is 2.41. The van der Waals surface area contributed by atoms with Crippen LogP contribution in [0.15, 0.2) is 18.5 Å². The highest BCUT2D eigenvalue weighted by molar-refractivity contribution is 7.12. The first kappa shape index (κ1) is 15.1. The number of aromatic nitrogens is 2. The average molecular weight is 293 g/mol. The van der Waals surface area contributed by atoms with Crippen LogP contribution in [-0.4, -0.2) is 21.5 Å². The highest BCUT2D eigenvalue weighted by Gasteiger charge is 2.20. The van der Waals surface area contributed by atoms with Gasteiger partial charge in [0.2, 0.25) is 0 Å². The van der Waals surface area contributed by atoms with Crippen LogP contribution in [0.5, 0.6) is 0 Å². The van der Waals surface area contributed by atoms with Crippen molar-refractivity contribution in [1.82, 2.24) is 9.78 Å². The molecule has 1 unspecified atom stereocenters. The molecule has 0 saturated heterocycles. The Hall–Kier alpha value is -1.33. The lowest BCUT2D eigenvalue weighted by molar-refractivity contribution is 0.269. The lowest BCUT2D eigenvalue weighted by Crippen LogP contribution is -2.16. The molecular formula is C15H23N3OS. The van der Waals surface area contributed by atoms with Crippen molar-refractivity contribution in [3.8, 4) is 0 Å². The van der Waals surface area contributed by atoms with Crippen LogP contribution in [0.1, 0.15) is 35.2 Å². The Morgan fingerprint density at radius 3 is 2.70 bits per heavy atom. The largest absolute Gasteiger partial charge is 0.394 e. The number of hydrogen-bond donors (Lipinski definition) is 2. The van der Waals surface area contributed by atoms with Gasteiger partial charge in [0.15, 0.2) is 0 Å². The summed E-state index contributed by atoms with van der Waals surface area (Å²) >= 11 is 1.84. The molecule has 2 N–H and O–H groups in total. The number of aryl methyl sites for hydroxylation is 2. The normalized spacial score (nSPS) is 12.9. The fraction of sp³-hybridized carbons (Fsp3) is 0.533. The van der Waals surface area contributed by atoms with Gasteiger partial charge >= 0.3 is 0 Å². The zero-order valence-corrected chi connectivity index (χ0v) is 13.4. The van der Waals surface area contributed by atoms with E-state index in [0.717, 1.165) is 5.69 Å². The van der Waals surface area contributed by atoms with Gasteiger partial charge in [-0.2, -0.15) is 5.10 Å². The van der Waals surface area contributed by atoms with Crippen LogP contribution in [0.25, 0.3) is 0 Å². The van der Waals surface area contributed by atoms with Gasteiger partial charge in [0.25, 0.3) is 0 Å². The number of thiophene rings is 1. The summed E-state index contributed by atoms with van der Waals surface area (Å²) in [6.45, 7) is 9.42. The minimum absolute atomic E-state index is 0.109. The van der Waals surface area contributed by atoms with Gasteiger partial charge in [0, 0.05) is 16.0 Å². The van der Waals surface area contributed by atoms with Crippen molar-refractivity contribution in [3.05, 3.63) is 33.8 Å². The summed E-state index contributed by atoms with van der Waals surface area (Å²) in [6.07, 6.45) is 3.76. The van der Waals surface area contributed by atoms with Crippen LogP contribution < -0.4 is 5.32 Å². The molecule has 2 heterocycles. The molecule has 4 nitrogen and oxygen atoms in total. The van der Waals surface area contributed by atoms with Crippen molar-refractivity contribution in [2.75, 3.05) is 11.9 Å². The standard InChI is InChI=1S/C15H23N3OS/c1-10(2)15(14-7-11(3)20-12(14)4)17-13-8-16-18(9-13)5-6-19/h7-10,15,17,19H,5-6H2,1-4H3. The highest BCUT2D eigenvalue weighted by atomic mass is 32.1. The van der Waals surface area contributed by atoms with Crippen LogP contribution in [-0.2, 0) is 6.54 Å². The molecule has 0 spiro atoms. The molecular weight excluding hydrogens is 270 g/mol. The predicted octanol–water partition coefficient (Wildman–Crippen LogP) is 3.36. The topological polar surface area (TPSA) is 50.1 Å². The van der Waals surface area contributed by atoms with E-state index in [9.17, 15) is 0 Å². The summed E-state index contributed by atoms with van der Waals surface area (Å²) in [5, 5.41) is 16.7. The number of aliphatic hydroxyl groups excluding tert-OH is 1. The van der Waals surface area contributed by atoms with Crippen molar-refractivity contribution in [2.24, 2.45) is 5.92 Å². The Morgan fingerprint density at radius 2 is 2.15 bits per heavy atom. The van der Waals surface area contributed by atoms with E-state index in [-0.39, 0.29) is 12.6 Å². The van der Waals surface area contributed by atoms with Gasteiger partial charge in [0.1, 0.15) is 0 Å². The number of nitrogens with one attached hydrogen (secondary N) is 1. The minimum atomic E-state index is 0.109. The zero-order valence-electron chi connectivity index (χ0n) is 12.6. The second-order valence-corrected chi connectivity index (χ2v) is 6.91. The van der Waals surface area contributed by atoms with E-state index in [0.29, 0.717) is 12.5 Å². The molecule has 0 bridgehead atoms. The number of aliphatic hydroxyl groups is 1. The number of rotatable bonds is 6. The van der Waals surface area contributed by atoms with Gasteiger partial charge in [-0.25, -0.2) is 0 Å². The molecule has 0 radical (unpaired) electrons. The maximum atomic E-state index is 8.94. The molecule has 2 aromatic heterocycles. The number of anilines is 1. The summed E-state index contributed by atoms with van der Waals surface area (Å²) in [5.74, 6) is 0.490. The van der Waals surface area contributed by atoms with Crippen molar-refractivity contribution < 1.29 is 5.11 Å². The molecule has 0 aromatic carbocycles. The quantitative estimate of drug-likeness (QED) is 0.858. The zero-order chi connectivity index (χ0) is 14.7. The molecule has 0 aliphatic carbocycles. The summed E-state index contributed by atoms with van der Waals surface area (Å²) < 4.78 is 1.76. The Bertz CT molecular complexity index is 559. The first-order chi connectivity index (χ1) is 9.51. The average Bonchev–Trinajstić information content (AvgIpc) is 2.93. The Kier molecular flexibility index (Phi) is 4.83. The van der Waals surface area contributed by atoms with Gasteiger partial charge in [-0.05, 0) is 31.4 Å². The van der Waals surface area contributed by atoms with E-state index < -0.39 is 0 Å². The SMILES string of the molecule is Cc1cc(C(Nc2cnn(CCO)c2)C(C)C)c(C)s1. The summed E-state index contributed by atoms with van der Waals surface area (Å²) in [7, 11) is 0. The Balaban J connectivity index is 2.19. The maximum Gasteiger partial charge on any atom is 0.0731 e. The molecule has 0 saturated carbocycles. The smallest absolute Gasteiger partial charge is 0.0731 e. The maximum absolute atomic E-state index is 8.94. The molecule has 0 aliphatic rings. The van der Waals surface area contributed by atoms with Crippen LogP contribution in [0.4, 0.5) is 5.69 Å². The highest BCUT2D eigenvalue weighted by Crippen LogP contribution is 2.33. The molecule has 0 aliphatic heterocycles. The Morgan fingerprint density at radius 1 is 1.40 bits per heavy atom. The van der Waals surface area contributed by atoms with Crippen LogP contribution in [0.2, 0.25) is 0 Å². The van der Waals surface area contributed by atoms with Crippen molar-refractivity contribution in [3.63, 3.8) is 0 Å². The fourth-order valence-corrected chi connectivity index (χ4v) is 3.38. The lowest BCUT2D eigenvalue weighted by atomic mass is 9.96. The van der Waals surface area contributed by atoms with Gasteiger partial charge in [0.05, 0.1) is 31.1 Å². The van der Waals surface area contributed by atoms with Crippen molar-refractivity contribution in [1.29, 1.82) is 0 Å². The first-order valence-corrected chi connectivity index (χ1v) is 7.79. The van der Waals surface area contributed by atoms with Crippen molar-refractivity contribution in [2.45, 2.75) is 40.3 Å². The lowest BCUT2D eigenvalue weighted by Gasteiger charge is -2.23. The van der Waals surface area contributed by atoms with Crippen LogP contribution >= 0.6 is 11.3 Å². The van der Waals surface area contributed by atoms with Gasteiger partial charge in [-0.15, -0.1) is 11.3 Å². The van der Waals surface area contributed by atoms with Crippen LogP contribution in [0, 0.1) is 19.8 Å². The molecule has 20 heavy (non-hydrogen) atoms. The molecule has 0 fully saturated rings. The summed E-state index contributed by atoms with van der Waals surface area (Å²) in [5.41, 5.74) is 2.37. The molecule has 1 atom stereocenters. The first-order valence-electron chi connectivity index (χ1n) is 6.98. The predicted molar refractivity (Wildman–Crippen MR) is 84.3 cm³/mol. The van der Waals surface area contributed by atoms with E-state index >= 15 is 0 Å². The van der Waals surface area contributed by atoms with E-state index in [1.807, 2.05) is 23.7 Å². The second kappa shape index (κ2) is 6.41. The van der Waals surface area contributed by atoms with Gasteiger partial charge in [-0.1, -0.05) is 13.8 Å². The van der Waals surface area contributed by atoms with E-state index in [4.69, 9.17) is 5.11 Å².